The third-order valence-electron chi connectivity index (χ3n) is 7.54. The third-order valence-corrected chi connectivity index (χ3v) is 10.1. The number of sulfonamides is 1. The SMILES string of the molecule is Cc1nn(C)cc1S(=O)(=O)N(C(=O)c1ccc(-n2ccc(OCC(C)(C)C(F)(F)F)n2)nc1)N1CC(CO[Si](C)C)CC1(C)C.[CH3-].[CH3-].[CH3-].[Ce+3]. The van der Waals surface area contributed by atoms with Gasteiger partial charge in [0.05, 0.1) is 16.7 Å². The van der Waals surface area contributed by atoms with E-state index in [1.807, 2.05) is 26.9 Å². The number of hydrogen-bond donors (Lipinski definition) is 0. The summed E-state index contributed by atoms with van der Waals surface area (Å²) in [6.45, 7) is 11.5. The van der Waals surface area contributed by atoms with Crippen LogP contribution in [0.25, 0.3) is 5.82 Å². The summed E-state index contributed by atoms with van der Waals surface area (Å²) >= 11 is 0. The maximum absolute atomic E-state index is 14.2. The number of carbonyl (C=O) groups is 1. The van der Waals surface area contributed by atoms with E-state index >= 15 is 0 Å². The minimum absolute atomic E-state index is 0. The first kappa shape index (κ1) is 47.1. The minimum atomic E-state index is -4.45. The van der Waals surface area contributed by atoms with E-state index in [1.165, 1.54) is 46.2 Å². The van der Waals surface area contributed by atoms with Crippen LogP contribution in [0.2, 0.25) is 13.1 Å². The van der Waals surface area contributed by atoms with Gasteiger partial charge in [0.1, 0.15) is 11.5 Å². The zero-order valence-electron chi connectivity index (χ0n) is 30.1. The smallest absolute Gasteiger partial charge is 0.476 e. The molecule has 1 unspecified atom stereocenters. The second-order valence-electron chi connectivity index (χ2n) is 12.7. The summed E-state index contributed by atoms with van der Waals surface area (Å²) in [5, 5.41) is 9.89. The predicted molar refractivity (Wildman–Crippen MR) is 180 cm³/mol. The Balaban J connectivity index is 0.00000576. The topological polar surface area (TPSA) is 125 Å². The molecule has 18 heteroatoms. The van der Waals surface area contributed by atoms with Crippen molar-refractivity contribution in [2.45, 2.75) is 70.7 Å². The Morgan fingerprint density at radius 3 is 2.27 bits per heavy atom. The number of amides is 1. The normalized spacial score (nSPS) is 16.2. The van der Waals surface area contributed by atoms with Crippen molar-refractivity contribution in [3.63, 3.8) is 0 Å². The molecule has 1 amide bonds. The van der Waals surface area contributed by atoms with Crippen molar-refractivity contribution in [1.82, 2.24) is 34.0 Å². The minimum Gasteiger partial charge on any atom is -0.476 e. The van der Waals surface area contributed by atoms with Gasteiger partial charge in [-0.25, -0.2) is 9.67 Å². The van der Waals surface area contributed by atoms with Gasteiger partial charge in [-0.2, -0.15) is 36.1 Å². The van der Waals surface area contributed by atoms with Crippen molar-refractivity contribution in [2.24, 2.45) is 18.4 Å². The molecular formula is C31H48CeF3N7O5SSi. The molecule has 4 heterocycles. The van der Waals surface area contributed by atoms with Crippen LogP contribution in [0.5, 0.6) is 5.88 Å². The number of carbonyl (C=O) groups excluding carboxylic acids is 1. The fourth-order valence-corrected chi connectivity index (χ4v) is 7.29. The third kappa shape index (κ3) is 10.6. The Kier molecular flexibility index (Phi) is 16.9. The Hall–Kier alpha value is -1.91. The summed E-state index contributed by atoms with van der Waals surface area (Å²) in [7, 11) is -3.77. The average Bonchev–Trinajstić information content (AvgIpc) is 3.62. The molecule has 1 aliphatic heterocycles. The molecule has 0 N–H and O–H groups in total. The number of ether oxygens (including phenoxy) is 1. The Morgan fingerprint density at radius 2 is 1.76 bits per heavy atom. The molecule has 1 fully saturated rings. The molecule has 1 saturated heterocycles. The van der Waals surface area contributed by atoms with E-state index in [9.17, 15) is 26.4 Å². The van der Waals surface area contributed by atoms with Crippen LogP contribution in [0.1, 0.15) is 50.2 Å². The molecule has 2 radical (unpaired) electrons. The Bertz CT molecular complexity index is 1630. The van der Waals surface area contributed by atoms with E-state index in [2.05, 4.69) is 15.2 Å². The molecule has 3 aromatic heterocycles. The first-order valence-corrected chi connectivity index (χ1v) is 18.1. The van der Waals surface area contributed by atoms with Crippen molar-refractivity contribution >= 4 is 25.0 Å². The zero-order valence-corrected chi connectivity index (χ0v) is 35.0. The van der Waals surface area contributed by atoms with Gasteiger partial charge in [-0.15, -0.1) is 5.10 Å². The molecule has 0 aromatic carbocycles. The van der Waals surface area contributed by atoms with Crippen LogP contribution in [0.4, 0.5) is 13.2 Å². The van der Waals surface area contributed by atoms with Gasteiger partial charge in [-0.1, -0.05) is 0 Å². The van der Waals surface area contributed by atoms with Gasteiger partial charge in [0.2, 0.25) is 14.9 Å². The van der Waals surface area contributed by atoms with Crippen LogP contribution in [0.3, 0.4) is 0 Å². The standard InChI is InChI=1S/C28H39F3N7O5SSi.3CH3.Ce/c1-19-22(16-35(6)33-19)44(40,41)38(37-15-20(13-27(37,4)5)17-43-45(7)8)25(39)21-9-10-23(32-14-21)36-12-11-24(34-36)42-18-26(2,3)28(29,30)31;;;;/h9-12,14,16,20H,13,15,17-18H2,1-8H3;3*1H3;/q;3*-1;+3. The van der Waals surface area contributed by atoms with Gasteiger partial charge in [-0.05, 0) is 72.2 Å². The number of hydrazine groups is 1. The molecule has 49 heavy (non-hydrogen) atoms. The number of rotatable bonds is 11. The summed E-state index contributed by atoms with van der Waals surface area (Å²) in [4.78, 5) is 18.3. The molecule has 0 bridgehead atoms. The summed E-state index contributed by atoms with van der Waals surface area (Å²) in [6.07, 6.45) is 0.207. The average molecular weight is 856 g/mol. The summed E-state index contributed by atoms with van der Waals surface area (Å²) in [5.41, 5.74) is -2.53. The van der Waals surface area contributed by atoms with Gasteiger partial charge in [0.15, 0.2) is 5.82 Å². The zero-order chi connectivity index (χ0) is 33.5. The number of aryl methyl sites for hydroxylation is 2. The van der Waals surface area contributed by atoms with Crippen LogP contribution >= 0.6 is 0 Å². The fraction of sp³-hybridized carbons (Fsp3) is 0.516. The Labute approximate surface area is 324 Å². The van der Waals surface area contributed by atoms with Gasteiger partial charge in [0, 0.05) is 50.4 Å². The van der Waals surface area contributed by atoms with Crippen LogP contribution < -0.4 is 4.74 Å². The van der Waals surface area contributed by atoms with E-state index in [1.54, 1.807) is 19.0 Å². The quantitative estimate of drug-likeness (QED) is 0.176. The molecule has 0 aliphatic carbocycles. The number of aromatic nitrogens is 5. The summed E-state index contributed by atoms with van der Waals surface area (Å²) in [5.74, 6) is -0.600. The van der Waals surface area contributed by atoms with Crippen molar-refractivity contribution in [3.05, 3.63) is 70.3 Å². The number of pyridine rings is 1. The maximum atomic E-state index is 14.2. The first-order valence-electron chi connectivity index (χ1n) is 14.2. The molecule has 3 aromatic rings. The number of nitrogens with zero attached hydrogens (tertiary/aromatic N) is 7. The van der Waals surface area contributed by atoms with Crippen LogP contribution in [-0.4, -0.2) is 88.8 Å². The van der Waals surface area contributed by atoms with Crippen LogP contribution in [0.15, 0.2) is 41.7 Å². The number of hydrogen-bond acceptors (Lipinski definition) is 9. The monoisotopic (exact) mass is 855 g/mol. The molecule has 0 spiro atoms. The largest absolute Gasteiger partial charge is 3.00 e. The maximum Gasteiger partial charge on any atom is 3.00 e. The van der Waals surface area contributed by atoms with Gasteiger partial charge < -0.3 is 31.4 Å². The second kappa shape index (κ2) is 17.5. The van der Waals surface area contributed by atoms with Crippen molar-refractivity contribution in [2.75, 3.05) is 19.8 Å². The van der Waals surface area contributed by atoms with Crippen molar-refractivity contribution in [3.8, 4) is 11.7 Å². The molecule has 12 nitrogen and oxygen atoms in total. The summed E-state index contributed by atoms with van der Waals surface area (Å²) in [6, 6.07) is 4.28. The van der Waals surface area contributed by atoms with E-state index in [0.717, 1.165) is 18.3 Å². The van der Waals surface area contributed by atoms with E-state index in [0.29, 0.717) is 13.0 Å². The number of halogens is 3. The van der Waals surface area contributed by atoms with Gasteiger partial charge in [-0.3, -0.25) is 9.48 Å². The molecule has 1 aliphatic rings. The first-order chi connectivity index (χ1) is 20.7. The Morgan fingerprint density at radius 1 is 1.12 bits per heavy atom. The van der Waals surface area contributed by atoms with Crippen molar-refractivity contribution in [1.29, 1.82) is 0 Å². The van der Waals surface area contributed by atoms with Gasteiger partial charge >= 0.3 is 47.9 Å². The van der Waals surface area contributed by atoms with E-state index in [-0.39, 0.29) is 104 Å². The van der Waals surface area contributed by atoms with E-state index in [4.69, 9.17) is 9.16 Å². The molecular weight excluding hydrogens is 808 g/mol. The fourth-order valence-electron chi connectivity index (χ4n) is 4.96. The molecule has 272 valence electrons. The second-order valence-corrected chi connectivity index (χ2v) is 16.5. The van der Waals surface area contributed by atoms with E-state index < -0.39 is 48.7 Å². The van der Waals surface area contributed by atoms with Gasteiger partial charge in [0.25, 0.3) is 15.9 Å². The number of alkyl halides is 3. The summed E-state index contributed by atoms with van der Waals surface area (Å²) < 4.78 is 82.6. The van der Waals surface area contributed by atoms with Crippen molar-refractivity contribution < 1.29 is 77.3 Å². The molecule has 4 rings (SSSR count). The predicted octanol–water partition coefficient (Wildman–Crippen LogP) is 5.74. The van der Waals surface area contributed by atoms with Crippen LogP contribution in [-0.2, 0) is 21.5 Å². The molecule has 0 saturated carbocycles. The molecule has 1 atom stereocenters. The van der Waals surface area contributed by atoms with Crippen LogP contribution in [0, 0.1) is 82.3 Å².